The van der Waals surface area contributed by atoms with Gasteiger partial charge in [0.1, 0.15) is 17.4 Å². The molecule has 1 aromatic carbocycles. The standard InChI is InChI=1S/C44H50F2N12O5/c1-52-39-28(4-2-6-34(39)58(44(52)62)35-13-14-37(59)50-43(35)61)5-3-16-53-18-20-54(21-19-53)23-27-7-9-29(10-8-27)57-26-33(38(51-57)40(45)46)48-42(60)32-22-47-56-17-15-36(49-41(32)56)55-24-30-11-12-31(25-55)63-30/h2,4,6,15,17,22,26-27,29-31,35,40H,7-14,16,18-21,23-25H2,1H3,(H,48,60)(H,50,59,61)/t27-,29-,30-,31+,35?. The minimum Gasteiger partial charge on any atom is -0.371 e. The first-order valence-electron chi connectivity index (χ1n) is 22.0. The van der Waals surface area contributed by atoms with Gasteiger partial charge in [-0.05, 0) is 69.1 Å². The number of piperidine rings is 1. The minimum atomic E-state index is -2.86. The zero-order valence-electron chi connectivity index (χ0n) is 35.1. The average molecular weight is 865 g/mol. The number of para-hydroxylation sites is 1. The number of ether oxygens (including phenoxy) is 1. The van der Waals surface area contributed by atoms with Crippen molar-refractivity contribution in [3.63, 3.8) is 0 Å². The molecule has 1 saturated carbocycles. The van der Waals surface area contributed by atoms with Crippen molar-refractivity contribution in [1.29, 1.82) is 0 Å². The van der Waals surface area contributed by atoms with Gasteiger partial charge in [-0.2, -0.15) is 10.2 Å². The molecule has 1 aliphatic carbocycles. The summed E-state index contributed by atoms with van der Waals surface area (Å²) >= 11 is 0. The van der Waals surface area contributed by atoms with Gasteiger partial charge in [-0.25, -0.2) is 23.1 Å². The fourth-order valence-corrected chi connectivity index (χ4v) is 10.1. The molecule has 5 aromatic rings. The maximum atomic E-state index is 14.3. The molecule has 4 aliphatic heterocycles. The molecule has 10 rings (SSSR count). The van der Waals surface area contributed by atoms with Crippen LogP contribution >= 0.6 is 0 Å². The van der Waals surface area contributed by atoms with Crippen LogP contribution in [0.15, 0.2) is 47.7 Å². The van der Waals surface area contributed by atoms with Crippen LogP contribution in [0.2, 0.25) is 0 Å². The number of imide groups is 1. The van der Waals surface area contributed by atoms with Gasteiger partial charge in [-0.15, -0.1) is 0 Å². The van der Waals surface area contributed by atoms with E-state index in [1.165, 1.54) is 19.8 Å². The first kappa shape index (κ1) is 41.1. The third-order valence-corrected chi connectivity index (χ3v) is 13.5. The first-order chi connectivity index (χ1) is 30.6. The summed E-state index contributed by atoms with van der Waals surface area (Å²) in [4.78, 5) is 62.9. The van der Waals surface area contributed by atoms with Crippen LogP contribution in [0.4, 0.5) is 20.3 Å². The minimum absolute atomic E-state index is 0.00789. The van der Waals surface area contributed by atoms with Crippen molar-refractivity contribution in [3.8, 4) is 11.8 Å². The van der Waals surface area contributed by atoms with Gasteiger partial charge in [0.2, 0.25) is 11.8 Å². The number of amides is 3. The summed E-state index contributed by atoms with van der Waals surface area (Å²) in [6.07, 6.45) is 8.17. The van der Waals surface area contributed by atoms with Gasteiger partial charge in [0, 0.05) is 71.7 Å². The Kier molecular flexibility index (Phi) is 11.1. The Morgan fingerprint density at radius 2 is 1.75 bits per heavy atom. The zero-order valence-corrected chi connectivity index (χ0v) is 35.1. The topological polar surface area (TPSA) is 169 Å². The summed E-state index contributed by atoms with van der Waals surface area (Å²) in [5.74, 6) is 6.41. The van der Waals surface area contributed by atoms with E-state index in [1.807, 2.05) is 24.3 Å². The maximum Gasteiger partial charge on any atom is 0.329 e. The first-order valence-corrected chi connectivity index (χ1v) is 22.0. The van der Waals surface area contributed by atoms with Crippen molar-refractivity contribution >= 4 is 45.9 Å². The molecule has 0 radical (unpaired) electrons. The average Bonchev–Trinajstić information content (AvgIpc) is 4.05. The number of aromatic nitrogens is 7. The number of nitrogens with zero attached hydrogens (tertiary/aromatic N) is 10. The molecule has 4 aromatic heterocycles. The smallest absolute Gasteiger partial charge is 0.329 e. The lowest BCUT2D eigenvalue weighted by Gasteiger charge is -2.37. The number of carbonyl (C=O) groups is 3. The molecule has 17 nitrogen and oxygen atoms in total. The van der Waals surface area contributed by atoms with E-state index < -0.39 is 30.0 Å². The lowest BCUT2D eigenvalue weighted by atomic mass is 9.85. The number of aryl methyl sites for hydroxylation is 1. The van der Waals surface area contributed by atoms with Crippen molar-refractivity contribution < 1.29 is 27.9 Å². The van der Waals surface area contributed by atoms with E-state index in [1.54, 1.807) is 24.1 Å². The largest absolute Gasteiger partial charge is 0.371 e. The Morgan fingerprint density at radius 3 is 2.49 bits per heavy atom. The second-order valence-electron chi connectivity index (χ2n) is 17.5. The van der Waals surface area contributed by atoms with E-state index >= 15 is 0 Å². The monoisotopic (exact) mass is 864 g/mol. The molecule has 2 N–H and O–H groups in total. The molecule has 3 atom stereocenters. The van der Waals surface area contributed by atoms with Gasteiger partial charge >= 0.3 is 5.69 Å². The second-order valence-corrected chi connectivity index (χ2v) is 17.5. The highest BCUT2D eigenvalue weighted by atomic mass is 19.3. The number of hydrogen-bond donors (Lipinski definition) is 2. The number of halogens is 2. The number of piperazine rings is 1. The molecule has 19 heteroatoms. The van der Waals surface area contributed by atoms with Crippen molar-refractivity contribution in [2.45, 2.75) is 82.1 Å². The third kappa shape index (κ3) is 8.11. The predicted octanol–water partition coefficient (Wildman–Crippen LogP) is 3.52. The number of imidazole rings is 1. The summed E-state index contributed by atoms with van der Waals surface area (Å²) in [6, 6.07) is 6.59. The van der Waals surface area contributed by atoms with Gasteiger partial charge in [0.25, 0.3) is 12.3 Å². The molecular formula is C44H50F2N12O5. The van der Waals surface area contributed by atoms with Crippen molar-refractivity contribution in [1.82, 2.24) is 48.6 Å². The Labute approximate surface area is 361 Å². The number of benzene rings is 1. The van der Waals surface area contributed by atoms with Crippen LogP contribution in [0.1, 0.15) is 91.5 Å². The fraction of sp³-hybridized carbons (Fsp3) is 0.523. The molecule has 0 spiro atoms. The number of nitrogens with one attached hydrogen (secondary N) is 2. The summed E-state index contributed by atoms with van der Waals surface area (Å²) in [5.41, 5.74) is 1.75. The van der Waals surface area contributed by atoms with Crippen LogP contribution in [0.3, 0.4) is 0 Å². The van der Waals surface area contributed by atoms with Crippen LogP contribution in [0.25, 0.3) is 16.7 Å². The Hall–Kier alpha value is -5.97. The molecule has 8 heterocycles. The zero-order chi connectivity index (χ0) is 43.4. The van der Waals surface area contributed by atoms with Crippen LogP contribution in [-0.2, 0) is 21.4 Å². The Balaban J connectivity index is 0.717. The van der Waals surface area contributed by atoms with Crippen LogP contribution in [0, 0.1) is 17.8 Å². The molecule has 1 unspecified atom stereocenters. The lowest BCUT2D eigenvalue weighted by Crippen LogP contribution is -2.48. The normalized spacial score (nSPS) is 24.6. The lowest BCUT2D eigenvalue weighted by molar-refractivity contribution is -0.135. The SMILES string of the molecule is Cn1c(=O)n(C2CCC(=O)NC2=O)c2cccc(C#CCN3CCN(C[C@H]4CC[C@H](n5cc(NC(=O)c6cnn7ccc(N8C[C@H]9CC[C@@H](C8)O9)nc67)c(C(F)F)n5)CC4)CC3)c21. The summed E-state index contributed by atoms with van der Waals surface area (Å²) in [5, 5.41) is 13.6. The highest BCUT2D eigenvalue weighted by Gasteiger charge is 2.35. The number of anilines is 2. The summed E-state index contributed by atoms with van der Waals surface area (Å²) in [6.45, 7) is 6.58. The fourth-order valence-electron chi connectivity index (χ4n) is 10.1. The van der Waals surface area contributed by atoms with Crippen molar-refractivity contribution in [3.05, 3.63) is 70.2 Å². The Morgan fingerprint density at radius 1 is 0.984 bits per heavy atom. The van der Waals surface area contributed by atoms with Gasteiger partial charge < -0.3 is 19.9 Å². The van der Waals surface area contributed by atoms with Gasteiger partial charge in [0.05, 0.1) is 53.3 Å². The number of carbonyl (C=O) groups excluding carboxylic acids is 3. The molecule has 330 valence electrons. The highest BCUT2D eigenvalue weighted by molar-refractivity contribution is 6.08. The van der Waals surface area contributed by atoms with E-state index in [0.717, 1.165) is 90.2 Å². The van der Waals surface area contributed by atoms with Crippen molar-refractivity contribution in [2.24, 2.45) is 13.0 Å². The van der Waals surface area contributed by atoms with E-state index in [4.69, 9.17) is 9.72 Å². The number of morpholine rings is 1. The van der Waals surface area contributed by atoms with E-state index in [0.29, 0.717) is 34.7 Å². The van der Waals surface area contributed by atoms with E-state index in [2.05, 4.69) is 47.4 Å². The molecule has 3 amide bonds. The molecule has 5 aliphatic rings. The quantitative estimate of drug-likeness (QED) is 0.164. The van der Waals surface area contributed by atoms with Crippen LogP contribution in [-0.4, -0.2) is 126 Å². The van der Waals surface area contributed by atoms with E-state index in [9.17, 15) is 28.0 Å². The predicted molar refractivity (Wildman–Crippen MR) is 228 cm³/mol. The number of alkyl halides is 2. The molecule has 5 fully saturated rings. The van der Waals surface area contributed by atoms with E-state index in [-0.39, 0.29) is 53.9 Å². The summed E-state index contributed by atoms with van der Waals surface area (Å²) < 4.78 is 40.7. The van der Waals surface area contributed by atoms with Gasteiger partial charge in [-0.3, -0.25) is 38.4 Å². The Bertz CT molecular complexity index is 2680. The summed E-state index contributed by atoms with van der Waals surface area (Å²) in [7, 11) is 1.68. The number of hydrogen-bond acceptors (Lipinski definition) is 11. The van der Waals surface area contributed by atoms with Gasteiger partial charge in [-0.1, -0.05) is 17.9 Å². The van der Waals surface area contributed by atoms with Crippen LogP contribution < -0.4 is 21.2 Å². The molecule has 4 saturated heterocycles. The second kappa shape index (κ2) is 17.0. The maximum absolute atomic E-state index is 14.3. The molecule has 63 heavy (non-hydrogen) atoms. The van der Waals surface area contributed by atoms with Crippen LogP contribution in [0.5, 0.6) is 0 Å². The number of rotatable bonds is 9. The third-order valence-electron chi connectivity index (χ3n) is 13.5. The highest BCUT2D eigenvalue weighted by Crippen LogP contribution is 2.36. The molecule has 2 bridgehead atoms. The van der Waals surface area contributed by atoms with Gasteiger partial charge in [0.15, 0.2) is 11.3 Å². The van der Waals surface area contributed by atoms with Crippen molar-refractivity contribution in [2.75, 3.05) is 62.6 Å². The number of fused-ring (bicyclic) bond motifs is 4. The molecular weight excluding hydrogens is 815 g/mol.